The normalized spacial score (nSPS) is 9.54. The summed E-state index contributed by atoms with van der Waals surface area (Å²) in [5.74, 6) is -0.671. The molecule has 0 radical (unpaired) electrons. The van der Waals surface area contributed by atoms with Crippen LogP contribution in [0.3, 0.4) is 0 Å². The molecule has 0 saturated carbocycles. The van der Waals surface area contributed by atoms with Crippen LogP contribution in [0.25, 0.3) is 0 Å². The van der Waals surface area contributed by atoms with Gasteiger partial charge in [0, 0.05) is 6.20 Å². The number of rotatable bonds is 1. The molecule has 2 amide bonds. The second kappa shape index (κ2) is 3.10. The molecule has 1 aromatic rings. The van der Waals surface area contributed by atoms with Gasteiger partial charge in [-0.05, 0) is 12.1 Å². The number of nitrogens with two attached hydrogens (primary N) is 2. The van der Waals surface area contributed by atoms with Crippen LogP contribution in [0.1, 0.15) is 10.4 Å². The van der Waals surface area contributed by atoms with Gasteiger partial charge in [0.15, 0.2) is 0 Å². The third kappa shape index (κ3) is 1.73. The summed E-state index contributed by atoms with van der Waals surface area (Å²) in [5.41, 5.74) is 9.94. The van der Waals surface area contributed by atoms with E-state index in [4.69, 9.17) is 16.9 Å². The Morgan fingerprint density at radius 3 is 2.38 bits per heavy atom. The predicted molar refractivity (Wildman–Crippen MR) is 43.8 cm³/mol. The van der Waals surface area contributed by atoms with Crippen molar-refractivity contribution in [3.63, 3.8) is 0 Å². The molecule has 0 aromatic carbocycles. The van der Waals surface area contributed by atoms with Crippen molar-refractivity contribution in [2.45, 2.75) is 0 Å². The SMILES string of the molecule is N=c1ccc(C(N)=O)cn1C(N)=O. The smallest absolute Gasteiger partial charge is 0.324 e. The average Bonchev–Trinajstić information content (AvgIpc) is 2.04. The maximum atomic E-state index is 10.7. The molecular formula is C7H8N4O2. The molecular weight excluding hydrogens is 172 g/mol. The highest BCUT2D eigenvalue weighted by Crippen LogP contribution is 1.92. The molecule has 6 nitrogen and oxygen atoms in total. The molecule has 0 aliphatic rings. The Balaban J connectivity index is 3.35. The van der Waals surface area contributed by atoms with Crippen LogP contribution in [-0.4, -0.2) is 16.5 Å². The number of amides is 2. The van der Waals surface area contributed by atoms with Crippen LogP contribution in [0.5, 0.6) is 0 Å². The summed E-state index contributed by atoms with van der Waals surface area (Å²) < 4.78 is 0.833. The van der Waals surface area contributed by atoms with Crippen molar-refractivity contribution in [3.8, 4) is 0 Å². The first-order valence-electron chi connectivity index (χ1n) is 3.39. The Morgan fingerprint density at radius 2 is 1.92 bits per heavy atom. The van der Waals surface area contributed by atoms with Crippen LogP contribution >= 0.6 is 0 Å². The zero-order valence-electron chi connectivity index (χ0n) is 6.65. The Kier molecular flexibility index (Phi) is 2.14. The van der Waals surface area contributed by atoms with Gasteiger partial charge < -0.3 is 11.5 Å². The van der Waals surface area contributed by atoms with Gasteiger partial charge in [-0.3, -0.25) is 14.8 Å². The Hall–Kier alpha value is -2.11. The molecule has 0 aliphatic carbocycles. The van der Waals surface area contributed by atoms with E-state index in [1.165, 1.54) is 12.1 Å². The van der Waals surface area contributed by atoms with Crippen LogP contribution < -0.4 is 17.0 Å². The number of primary amides is 2. The predicted octanol–water partition coefficient (Wildman–Crippen LogP) is -1.01. The van der Waals surface area contributed by atoms with Crippen LogP contribution in [0.2, 0.25) is 0 Å². The molecule has 1 rings (SSSR count). The molecule has 68 valence electrons. The third-order valence-electron chi connectivity index (χ3n) is 1.47. The van der Waals surface area contributed by atoms with E-state index in [1.807, 2.05) is 0 Å². The van der Waals surface area contributed by atoms with Gasteiger partial charge in [-0.2, -0.15) is 0 Å². The lowest BCUT2D eigenvalue weighted by atomic mass is 10.3. The quantitative estimate of drug-likeness (QED) is 0.514. The topological polar surface area (TPSA) is 115 Å². The number of aromatic nitrogens is 1. The maximum absolute atomic E-state index is 10.7. The van der Waals surface area contributed by atoms with Crippen molar-refractivity contribution >= 4 is 11.9 Å². The first-order valence-corrected chi connectivity index (χ1v) is 3.39. The van der Waals surface area contributed by atoms with Crippen molar-refractivity contribution in [1.82, 2.24) is 4.57 Å². The third-order valence-corrected chi connectivity index (χ3v) is 1.47. The number of pyridine rings is 1. The van der Waals surface area contributed by atoms with Gasteiger partial charge in [0.1, 0.15) is 5.49 Å². The molecule has 0 fully saturated rings. The summed E-state index contributed by atoms with van der Waals surface area (Å²) in [5, 5.41) is 7.25. The van der Waals surface area contributed by atoms with Crippen LogP contribution in [-0.2, 0) is 0 Å². The van der Waals surface area contributed by atoms with E-state index in [9.17, 15) is 9.59 Å². The van der Waals surface area contributed by atoms with Crippen LogP contribution in [0.15, 0.2) is 18.3 Å². The molecule has 1 aromatic heterocycles. The fourth-order valence-electron chi connectivity index (χ4n) is 0.829. The fourth-order valence-corrected chi connectivity index (χ4v) is 0.829. The second-order valence-corrected chi connectivity index (χ2v) is 2.38. The van der Waals surface area contributed by atoms with Gasteiger partial charge in [0.25, 0.3) is 0 Å². The van der Waals surface area contributed by atoms with Crippen molar-refractivity contribution in [2.75, 3.05) is 0 Å². The molecule has 0 aliphatic heterocycles. The monoisotopic (exact) mass is 180 g/mol. The zero-order valence-corrected chi connectivity index (χ0v) is 6.65. The average molecular weight is 180 g/mol. The largest absolute Gasteiger partial charge is 0.366 e. The number of nitrogens with one attached hydrogen (secondary N) is 1. The maximum Gasteiger partial charge on any atom is 0.324 e. The van der Waals surface area contributed by atoms with Crippen molar-refractivity contribution in [3.05, 3.63) is 29.4 Å². The van der Waals surface area contributed by atoms with E-state index in [-0.39, 0.29) is 11.1 Å². The summed E-state index contributed by atoms with van der Waals surface area (Å²) in [7, 11) is 0. The van der Waals surface area contributed by atoms with Crippen molar-refractivity contribution in [2.24, 2.45) is 11.5 Å². The summed E-state index contributed by atoms with van der Waals surface area (Å²) in [6.45, 7) is 0. The summed E-state index contributed by atoms with van der Waals surface area (Å²) in [4.78, 5) is 21.4. The van der Waals surface area contributed by atoms with E-state index in [1.54, 1.807) is 0 Å². The van der Waals surface area contributed by atoms with E-state index >= 15 is 0 Å². The number of hydrogen-bond acceptors (Lipinski definition) is 3. The highest BCUT2D eigenvalue weighted by molar-refractivity contribution is 5.93. The molecule has 0 unspecified atom stereocenters. The first-order chi connectivity index (χ1) is 6.02. The lowest BCUT2D eigenvalue weighted by Gasteiger charge is -2.02. The molecule has 0 atom stereocenters. The van der Waals surface area contributed by atoms with E-state index < -0.39 is 11.9 Å². The molecule has 13 heavy (non-hydrogen) atoms. The van der Waals surface area contributed by atoms with Gasteiger partial charge in [-0.1, -0.05) is 0 Å². The van der Waals surface area contributed by atoms with Gasteiger partial charge in [0.05, 0.1) is 5.56 Å². The highest BCUT2D eigenvalue weighted by atomic mass is 16.2. The molecule has 0 bridgehead atoms. The standard InChI is InChI=1S/C7H8N4O2/c8-5-2-1-4(6(9)12)3-11(5)7(10)13/h1-3,8H,(H2,9,12)(H2,10,13). The van der Waals surface area contributed by atoms with Gasteiger partial charge in [-0.25, -0.2) is 4.79 Å². The van der Waals surface area contributed by atoms with Crippen LogP contribution in [0, 0.1) is 5.41 Å². The number of carbonyl (C=O) groups excluding carboxylic acids is 2. The molecule has 0 spiro atoms. The van der Waals surface area contributed by atoms with E-state index in [2.05, 4.69) is 0 Å². The van der Waals surface area contributed by atoms with Crippen molar-refractivity contribution < 1.29 is 9.59 Å². The van der Waals surface area contributed by atoms with E-state index in [0.29, 0.717) is 0 Å². The highest BCUT2D eigenvalue weighted by Gasteiger charge is 2.04. The Labute approximate surface area is 73.3 Å². The van der Waals surface area contributed by atoms with E-state index in [0.717, 1.165) is 10.8 Å². The molecule has 5 N–H and O–H groups in total. The Morgan fingerprint density at radius 1 is 1.31 bits per heavy atom. The summed E-state index contributed by atoms with van der Waals surface area (Å²) in [6.07, 6.45) is 1.13. The lowest BCUT2D eigenvalue weighted by Crippen LogP contribution is -2.32. The minimum atomic E-state index is -0.826. The fraction of sp³-hybridized carbons (Fsp3) is 0. The van der Waals surface area contributed by atoms with Gasteiger partial charge in [0.2, 0.25) is 5.91 Å². The summed E-state index contributed by atoms with van der Waals surface area (Å²) in [6, 6.07) is 1.79. The number of nitrogens with zero attached hydrogens (tertiary/aromatic N) is 1. The second-order valence-electron chi connectivity index (χ2n) is 2.38. The Bertz CT molecular complexity index is 421. The zero-order chi connectivity index (χ0) is 10.0. The molecule has 0 saturated heterocycles. The van der Waals surface area contributed by atoms with Crippen molar-refractivity contribution in [1.29, 1.82) is 5.41 Å². The number of hydrogen-bond donors (Lipinski definition) is 3. The molecule has 6 heteroatoms. The molecule has 1 heterocycles. The van der Waals surface area contributed by atoms with Crippen LogP contribution in [0.4, 0.5) is 4.79 Å². The first kappa shape index (κ1) is 8.98. The number of carbonyl (C=O) groups is 2. The minimum absolute atomic E-state index is 0.0995. The summed E-state index contributed by atoms with van der Waals surface area (Å²) >= 11 is 0. The van der Waals surface area contributed by atoms with Gasteiger partial charge >= 0.3 is 6.03 Å². The lowest BCUT2D eigenvalue weighted by molar-refractivity contribution is 0.1000. The minimum Gasteiger partial charge on any atom is -0.366 e. The van der Waals surface area contributed by atoms with Gasteiger partial charge in [-0.15, -0.1) is 0 Å².